The molecule has 4 aromatic carbocycles. The van der Waals surface area contributed by atoms with Crippen LogP contribution >= 0.6 is 15.9 Å². The van der Waals surface area contributed by atoms with Gasteiger partial charge in [-0.2, -0.15) is 0 Å². The van der Waals surface area contributed by atoms with Crippen molar-refractivity contribution in [3.05, 3.63) is 106 Å². The Labute approximate surface area is 330 Å². The molecule has 0 aliphatic carbocycles. The van der Waals surface area contributed by atoms with E-state index in [1.165, 1.54) is 19.8 Å². The Balaban J connectivity index is 0.000000259. The van der Waals surface area contributed by atoms with Gasteiger partial charge in [0.05, 0.1) is 22.4 Å². The summed E-state index contributed by atoms with van der Waals surface area (Å²) in [5.41, 5.74) is 3.07. The number of rotatable bonds is 4. The van der Waals surface area contributed by atoms with Crippen LogP contribution in [0.5, 0.6) is 23.0 Å². The Bertz CT molecular complexity index is 1810. The molecule has 0 spiro atoms. The van der Waals surface area contributed by atoms with Gasteiger partial charge in [-0.1, -0.05) is 41.6 Å². The highest BCUT2D eigenvalue weighted by Crippen LogP contribution is 2.37. The van der Waals surface area contributed by atoms with Gasteiger partial charge in [-0.05, 0) is 158 Å². The lowest BCUT2D eigenvalue weighted by Crippen LogP contribution is -2.41. The minimum atomic E-state index is -1.51. The Morgan fingerprint density at radius 1 is 0.667 bits per heavy atom. The Kier molecular flexibility index (Phi) is 16.5. The van der Waals surface area contributed by atoms with E-state index in [-0.39, 0.29) is 48.5 Å². The highest BCUT2D eigenvalue weighted by atomic mass is 79.9. The van der Waals surface area contributed by atoms with Gasteiger partial charge in [0.15, 0.2) is 0 Å². The molecule has 54 heavy (non-hydrogen) atoms. The first-order valence-corrected chi connectivity index (χ1v) is 17.9. The molecule has 0 unspecified atom stereocenters. The lowest BCUT2D eigenvalue weighted by Gasteiger charge is -2.32. The second-order valence-electron chi connectivity index (χ2n) is 14.9. The van der Waals surface area contributed by atoms with E-state index < -0.39 is 7.12 Å². The van der Waals surface area contributed by atoms with Crippen LogP contribution in [-0.4, -0.2) is 64.6 Å². The van der Waals surface area contributed by atoms with E-state index in [1.54, 1.807) is 61.5 Å². The van der Waals surface area contributed by atoms with Crippen molar-refractivity contribution in [1.29, 1.82) is 0 Å². The number of phenolic OH excluding ortho intramolecular Hbond substituents is 2. The summed E-state index contributed by atoms with van der Waals surface area (Å²) < 4.78 is 41.8. The summed E-state index contributed by atoms with van der Waals surface area (Å²) in [4.78, 5) is 0. The van der Waals surface area contributed by atoms with Gasteiger partial charge in [0, 0.05) is 10.5 Å². The maximum atomic E-state index is 13.0. The number of hydrogen-bond donors (Lipinski definition) is 4. The van der Waals surface area contributed by atoms with Crippen molar-refractivity contribution in [1.82, 2.24) is 0 Å². The summed E-state index contributed by atoms with van der Waals surface area (Å²) in [6.45, 7) is 21.8. The van der Waals surface area contributed by atoms with Crippen LogP contribution < -0.4 is 15.7 Å². The Hall–Kier alpha value is -3.36. The fourth-order valence-corrected chi connectivity index (χ4v) is 4.99. The first kappa shape index (κ1) is 46.8. The van der Waals surface area contributed by atoms with E-state index in [0.717, 1.165) is 21.1 Å². The molecule has 2 aliphatic heterocycles. The number of aryl methyl sites for hydroxylation is 3. The molecule has 1 radical (unpaired) electrons. The van der Waals surface area contributed by atoms with Gasteiger partial charge in [-0.3, -0.25) is 0 Å². The van der Waals surface area contributed by atoms with Gasteiger partial charge in [0.25, 0.3) is 0 Å². The smallest absolute Gasteiger partial charge is 0.495 e. The van der Waals surface area contributed by atoms with Gasteiger partial charge < -0.3 is 43.6 Å². The summed E-state index contributed by atoms with van der Waals surface area (Å²) >= 11 is 3.32. The number of ether oxygens (including phenoxy) is 1. The second-order valence-corrected chi connectivity index (χ2v) is 15.7. The van der Waals surface area contributed by atoms with Crippen molar-refractivity contribution >= 4 is 48.8 Å². The number of halogens is 2. The zero-order valence-corrected chi connectivity index (χ0v) is 33.9. The van der Waals surface area contributed by atoms with Crippen molar-refractivity contribution in [2.75, 3.05) is 0 Å². The lowest BCUT2D eigenvalue weighted by molar-refractivity contribution is 0.00578. The number of aromatic hydroxyl groups is 2. The van der Waals surface area contributed by atoms with Gasteiger partial charge in [-0.15, -0.1) is 0 Å². The summed E-state index contributed by atoms with van der Waals surface area (Å²) in [5.74, 6) is 1.12. The summed E-state index contributed by atoms with van der Waals surface area (Å²) in [5, 5.41) is 36.5. The molecule has 4 aromatic rings. The van der Waals surface area contributed by atoms with Gasteiger partial charge >= 0.3 is 21.9 Å². The van der Waals surface area contributed by atoms with Crippen molar-refractivity contribution < 1.29 is 48.0 Å². The first-order chi connectivity index (χ1) is 24.4. The molecule has 2 heterocycles. The third-order valence-corrected chi connectivity index (χ3v) is 10.5. The van der Waals surface area contributed by atoms with Crippen LogP contribution in [0, 0.1) is 26.6 Å². The SMILES string of the molecule is C.CC1(C)O[B]OC1(C)C.Cc1cc(O)ccc1B1OC(C)(C)C(C)(C)O1.Cc1cc(O)ccc1Br.Cc1cc(Oc2cccc(F)c2)ccc1B(O)O. The average molecular weight is 810 g/mol. The van der Waals surface area contributed by atoms with E-state index in [0.29, 0.717) is 28.3 Å². The molecule has 0 bridgehead atoms. The average Bonchev–Trinajstić information content (AvgIpc) is 3.41. The molecule has 6 rings (SSSR count). The van der Waals surface area contributed by atoms with Gasteiger partial charge in [0.1, 0.15) is 28.8 Å². The van der Waals surface area contributed by atoms with Crippen LogP contribution in [0.2, 0.25) is 0 Å². The normalized spacial score (nSPS) is 16.8. The van der Waals surface area contributed by atoms with Crippen LogP contribution in [0.15, 0.2) is 83.3 Å². The Morgan fingerprint density at radius 2 is 1.19 bits per heavy atom. The maximum Gasteiger partial charge on any atom is 0.495 e. The fourth-order valence-electron chi connectivity index (χ4n) is 4.74. The molecule has 2 aliphatic rings. The summed E-state index contributed by atoms with van der Waals surface area (Å²) in [6, 6.07) is 21.1. The minimum Gasteiger partial charge on any atom is -0.508 e. The molecule has 2 saturated heterocycles. The van der Waals surface area contributed by atoms with E-state index in [4.69, 9.17) is 38.5 Å². The summed E-state index contributed by atoms with van der Waals surface area (Å²) in [6.07, 6.45) is 0. The standard InChI is InChI=1S/C13H12BFO3.C13H19BO3.C7H7BrO.C6H12BO2.CH4/c1-9-7-12(5-6-13(9)14(16)17)18-11-4-2-3-10(15)8-11;1-9-8-10(15)6-7-11(9)14-16-12(2,3)13(4,5)17-14;1-5-4-6(9)2-3-7(5)8;1-5(2)6(3,4)9-7-8-5;/h2-8,16-17H,1H3;6-8,15H,1-5H3;2-4,9H,1H3;1-4H3;1H4. The number of benzene rings is 4. The largest absolute Gasteiger partial charge is 0.508 e. The van der Waals surface area contributed by atoms with Crippen molar-refractivity contribution in [3.8, 4) is 23.0 Å². The molecule has 2 fully saturated rings. The van der Waals surface area contributed by atoms with Crippen LogP contribution in [0.1, 0.15) is 79.5 Å². The highest BCUT2D eigenvalue weighted by Gasteiger charge is 2.52. The zero-order chi connectivity index (χ0) is 39.9. The minimum absolute atomic E-state index is 0. The molecule has 4 N–H and O–H groups in total. The highest BCUT2D eigenvalue weighted by molar-refractivity contribution is 9.10. The first-order valence-electron chi connectivity index (χ1n) is 17.1. The molecule has 0 aromatic heterocycles. The molecular weight excluding hydrogens is 756 g/mol. The second kappa shape index (κ2) is 19.0. The molecule has 9 nitrogen and oxygen atoms in total. The van der Waals surface area contributed by atoms with Gasteiger partial charge in [-0.25, -0.2) is 4.39 Å². The van der Waals surface area contributed by atoms with Crippen molar-refractivity contribution in [2.24, 2.45) is 0 Å². The summed E-state index contributed by atoms with van der Waals surface area (Å²) in [7, 11) is -0.450. The quantitative estimate of drug-likeness (QED) is 0.153. The maximum absolute atomic E-state index is 13.0. The molecule has 0 atom stereocenters. The third-order valence-electron chi connectivity index (χ3n) is 9.59. The van der Waals surface area contributed by atoms with Gasteiger partial charge in [0.2, 0.25) is 0 Å². The van der Waals surface area contributed by atoms with Crippen LogP contribution in [0.25, 0.3) is 0 Å². The van der Waals surface area contributed by atoms with E-state index in [2.05, 4.69) is 15.9 Å². The van der Waals surface area contributed by atoms with Crippen molar-refractivity contribution in [2.45, 2.75) is 106 Å². The van der Waals surface area contributed by atoms with E-state index in [9.17, 15) is 9.50 Å². The van der Waals surface area contributed by atoms with Crippen LogP contribution in [0.3, 0.4) is 0 Å². The predicted molar refractivity (Wildman–Crippen MR) is 219 cm³/mol. The molecular formula is C40H54B3BrFO9. The number of phenols is 2. The topological polar surface area (TPSA) is 127 Å². The van der Waals surface area contributed by atoms with Crippen LogP contribution in [0.4, 0.5) is 4.39 Å². The molecule has 0 amide bonds. The monoisotopic (exact) mass is 809 g/mol. The molecule has 0 saturated carbocycles. The van der Waals surface area contributed by atoms with E-state index in [1.807, 2.05) is 81.4 Å². The van der Waals surface area contributed by atoms with E-state index >= 15 is 0 Å². The van der Waals surface area contributed by atoms with Crippen molar-refractivity contribution in [3.63, 3.8) is 0 Å². The molecule has 291 valence electrons. The zero-order valence-electron chi connectivity index (χ0n) is 32.3. The fraction of sp³-hybridized carbons (Fsp3) is 0.400. The molecule has 14 heteroatoms. The lowest BCUT2D eigenvalue weighted by atomic mass is 9.76. The number of hydrogen-bond acceptors (Lipinski definition) is 9. The Morgan fingerprint density at radius 3 is 1.61 bits per heavy atom. The van der Waals surface area contributed by atoms with Crippen LogP contribution in [-0.2, 0) is 18.6 Å². The predicted octanol–water partition coefficient (Wildman–Crippen LogP) is 7.83. The third kappa shape index (κ3) is 12.6.